The molecule has 0 aliphatic rings. The third-order valence-corrected chi connectivity index (χ3v) is 4.09. The summed E-state index contributed by atoms with van der Waals surface area (Å²) in [5, 5.41) is 0. The third kappa shape index (κ3) is 3.10. The molecule has 0 amide bonds. The van der Waals surface area contributed by atoms with Crippen LogP contribution in [0.15, 0.2) is 30.3 Å². The minimum Gasteiger partial charge on any atom is -0.324 e. The summed E-state index contributed by atoms with van der Waals surface area (Å²) >= 11 is 0. The molecule has 1 heteroatoms. The van der Waals surface area contributed by atoms with Gasteiger partial charge < -0.3 is 5.73 Å². The maximum Gasteiger partial charge on any atom is 0.0338 e. The van der Waals surface area contributed by atoms with Crippen LogP contribution in [0.1, 0.15) is 45.0 Å². The number of hydrogen-bond acceptors (Lipinski definition) is 1. The Kier molecular flexibility index (Phi) is 4.29. The van der Waals surface area contributed by atoms with Crippen LogP contribution in [-0.2, 0) is 6.42 Å². The fourth-order valence-electron chi connectivity index (χ4n) is 3.10. The van der Waals surface area contributed by atoms with Gasteiger partial charge in [0.15, 0.2) is 0 Å². The summed E-state index contributed by atoms with van der Waals surface area (Å²) in [5.41, 5.74) is 15.7. The fraction of sp³-hybridized carbons (Fsp3) is 0.368. The molecule has 2 aromatic carbocycles. The molecule has 0 saturated heterocycles. The van der Waals surface area contributed by atoms with Crippen LogP contribution in [-0.4, -0.2) is 0 Å². The van der Waals surface area contributed by atoms with Crippen LogP contribution in [0.5, 0.6) is 0 Å². The van der Waals surface area contributed by atoms with Gasteiger partial charge in [0, 0.05) is 6.04 Å². The summed E-state index contributed by atoms with van der Waals surface area (Å²) in [6.07, 6.45) is 0.905. The lowest BCUT2D eigenvalue weighted by atomic mass is 9.90. The summed E-state index contributed by atoms with van der Waals surface area (Å²) < 4.78 is 0. The van der Waals surface area contributed by atoms with Crippen LogP contribution in [0.25, 0.3) is 0 Å². The third-order valence-electron chi connectivity index (χ3n) is 4.09. The minimum absolute atomic E-state index is 0.0655. The Balaban J connectivity index is 2.30. The zero-order valence-corrected chi connectivity index (χ0v) is 13.2. The molecule has 0 fully saturated rings. The Bertz CT molecular complexity index is 603. The Morgan fingerprint density at radius 2 is 1.35 bits per heavy atom. The molecule has 0 aliphatic carbocycles. The van der Waals surface area contributed by atoms with E-state index in [4.69, 9.17) is 5.73 Å². The predicted molar refractivity (Wildman–Crippen MR) is 87.2 cm³/mol. The highest BCUT2D eigenvalue weighted by Gasteiger charge is 2.13. The van der Waals surface area contributed by atoms with E-state index in [1.54, 1.807) is 0 Å². The van der Waals surface area contributed by atoms with Crippen LogP contribution >= 0.6 is 0 Å². The van der Waals surface area contributed by atoms with Gasteiger partial charge in [-0.2, -0.15) is 0 Å². The van der Waals surface area contributed by atoms with Gasteiger partial charge in [0.25, 0.3) is 0 Å². The van der Waals surface area contributed by atoms with E-state index in [-0.39, 0.29) is 6.04 Å². The van der Waals surface area contributed by atoms with Gasteiger partial charge in [-0.25, -0.2) is 0 Å². The first-order chi connectivity index (χ1) is 9.38. The van der Waals surface area contributed by atoms with Crippen molar-refractivity contribution in [2.24, 2.45) is 5.73 Å². The van der Waals surface area contributed by atoms with Crippen molar-refractivity contribution in [1.29, 1.82) is 0 Å². The van der Waals surface area contributed by atoms with Crippen LogP contribution in [0.2, 0.25) is 0 Å². The Hall–Kier alpha value is -1.60. The SMILES string of the molecule is Cc1ccc(C(N)Cc2c(C)cc(C)cc2C)c(C)c1. The highest BCUT2D eigenvalue weighted by Crippen LogP contribution is 2.25. The van der Waals surface area contributed by atoms with E-state index in [2.05, 4.69) is 65.0 Å². The first kappa shape index (κ1) is 14.8. The molecule has 0 saturated carbocycles. The first-order valence-electron chi connectivity index (χ1n) is 7.28. The van der Waals surface area contributed by atoms with Crippen LogP contribution in [0, 0.1) is 34.6 Å². The molecular weight excluding hydrogens is 242 g/mol. The summed E-state index contributed by atoms with van der Waals surface area (Å²) in [6, 6.07) is 11.1. The molecule has 1 unspecified atom stereocenters. The molecular formula is C19H25N. The molecule has 0 radical (unpaired) electrons. The number of benzene rings is 2. The molecule has 0 aromatic heterocycles. The van der Waals surface area contributed by atoms with Crippen molar-refractivity contribution in [3.05, 3.63) is 69.3 Å². The predicted octanol–water partition coefficient (Wildman–Crippen LogP) is 4.47. The van der Waals surface area contributed by atoms with Crippen molar-refractivity contribution in [3.8, 4) is 0 Å². The standard InChI is InChI=1S/C19H25N/c1-12-6-7-17(14(3)8-12)19(20)11-18-15(4)9-13(2)10-16(18)5/h6-10,19H,11,20H2,1-5H3. The zero-order valence-electron chi connectivity index (χ0n) is 13.2. The van der Waals surface area contributed by atoms with Crippen molar-refractivity contribution in [2.75, 3.05) is 0 Å². The molecule has 0 heterocycles. The molecule has 2 N–H and O–H groups in total. The molecule has 20 heavy (non-hydrogen) atoms. The van der Waals surface area contributed by atoms with Gasteiger partial charge in [-0.15, -0.1) is 0 Å². The fourth-order valence-corrected chi connectivity index (χ4v) is 3.10. The number of aryl methyl sites for hydroxylation is 5. The van der Waals surface area contributed by atoms with Crippen molar-refractivity contribution < 1.29 is 0 Å². The summed E-state index contributed by atoms with van der Waals surface area (Å²) in [6.45, 7) is 10.8. The number of hydrogen-bond donors (Lipinski definition) is 1. The number of rotatable bonds is 3. The maximum atomic E-state index is 6.45. The molecule has 1 nitrogen and oxygen atoms in total. The average molecular weight is 267 g/mol. The summed E-state index contributed by atoms with van der Waals surface area (Å²) in [7, 11) is 0. The molecule has 2 rings (SSSR count). The van der Waals surface area contributed by atoms with Gasteiger partial charge in [-0.05, 0) is 68.9 Å². The average Bonchev–Trinajstić information content (AvgIpc) is 2.33. The van der Waals surface area contributed by atoms with Gasteiger partial charge in [0.2, 0.25) is 0 Å². The normalized spacial score (nSPS) is 12.5. The summed E-state index contributed by atoms with van der Waals surface area (Å²) in [4.78, 5) is 0. The van der Waals surface area contributed by atoms with E-state index < -0.39 is 0 Å². The van der Waals surface area contributed by atoms with Gasteiger partial charge in [-0.3, -0.25) is 0 Å². The molecule has 0 bridgehead atoms. The Morgan fingerprint density at radius 3 is 1.90 bits per heavy atom. The van der Waals surface area contributed by atoms with Gasteiger partial charge in [-0.1, -0.05) is 41.5 Å². The van der Waals surface area contributed by atoms with Gasteiger partial charge >= 0.3 is 0 Å². The molecule has 106 valence electrons. The van der Waals surface area contributed by atoms with E-state index >= 15 is 0 Å². The molecule has 0 spiro atoms. The second-order valence-electron chi connectivity index (χ2n) is 6.05. The topological polar surface area (TPSA) is 26.0 Å². The zero-order chi connectivity index (χ0) is 14.9. The molecule has 1 atom stereocenters. The largest absolute Gasteiger partial charge is 0.324 e. The molecule has 2 aromatic rings. The highest BCUT2D eigenvalue weighted by molar-refractivity contribution is 5.40. The second-order valence-corrected chi connectivity index (χ2v) is 6.05. The van der Waals surface area contributed by atoms with E-state index in [1.807, 2.05) is 0 Å². The van der Waals surface area contributed by atoms with E-state index in [9.17, 15) is 0 Å². The van der Waals surface area contributed by atoms with Crippen LogP contribution in [0.3, 0.4) is 0 Å². The lowest BCUT2D eigenvalue weighted by molar-refractivity contribution is 0.710. The monoisotopic (exact) mass is 267 g/mol. The summed E-state index contributed by atoms with van der Waals surface area (Å²) in [5.74, 6) is 0. The Labute approximate surface area is 122 Å². The van der Waals surface area contributed by atoms with E-state index in [1.165, 1.54) is 38.9 Å². The van der Waals surface area contributed by atoms with Crippen molar-refractivity contribution in [3.63, 3.8) is 0 Å². The van der Waals surface area contributed by atoms with Crippen molar-refractivity contribution >= 4 is 0 Å². The minimum atomic E-state index is 0.0655. The second kappa shape index (κ2) is 5.80. The van der Waals surface area contributed by atoms with Crippen molar-refractivity contribution in [2.45, 2.75) is 47.1 Å². The van der Waals surface area contributed by atoms with Gasteiger partial charge in [0.05, 0.1) is 0 Å². The quantitative estimate of drug-likeness (QED) is 0.872. The maximum absolute atomic E-state index is 6.45. The lowest BCUT2D eigenvalue weighted by Gasteiger charge is -2.19. The van der Waals surface area contributed by atoms with Crippen LogP contribution in [0.4, 0.5) is 0 Å². The molecule has 0 aliphatic heterocycles. The van der Waals surface area contributed by atoms with Crippen molar-refractivity contribution in [1.82, 2.24) is 0 Å². The van der Waals surface area contributed by atoms with Gasteiger partial charge in [0.1, 0.15) is 0 Å². The van der Waals surface area contributed by atoms with Crippen LogP contribution < -0.4 is 5.73 Å². The first-order valence-corrected chi connectivity index (χ1v) is 7.28. The van der Waals surface area contributed by atoms with E-state index in [0.717, 1.165) is 6.42 Å². The number of nitrogens with two attached hydrogens (primary N) is 1. The Morgan fingerprint density at radius 1 is 0.800 bits per heavy atom. The smallest absolute Gasteiger partial charge is 0.0338 e. The lowest BCUT2D eigenvalue weighted by Crippen LogP contribution is -2.16. The van der Waals surface area contributed by atoms with E-state index in [0.29, 0.717) is 0 Å². The highest BCUT2D eigenvalue weighted by atomic mass is 14.6.